The maximum atomic E-state index is 10.7. The van der Waals surface area contributed by atoms with Gasteiger partial charge in [-0.2, -0.15) is 0 Å². The van der Waals surface area contributed by atoms with E-state index in [9.17, 15) is 4.79 Å². The summed E-state index contributed by atoms with van der Waals surface area (Å²) in [6.45, 7) is 0. The van der Waals surface area contributed by atoms with Crippen molar-refractivity contribution in [3.8, 4) is 0 Å². The van der Waals surface area contributed by atoms with Crippen molar-refractivity contribution < 1.29 is 10.0 Å². The Hall–Kier alpha value is -1.62. The fourth-order valence-electron chi connectivity index (χ4n) is 0.570. The molecule has 1 rings (SSSR count). The van der Waals surface area contributed by atoms with Gasteiger partial charge in [0.2, 0.25) is 0 Å². The predicted molar refractivity (Wildman–Crippen MR) is 38.8 cm³/mol. The smallest absolute Gasteiger partial charge is 0.292 e. The van der Waals surface area contributed by atoms with Gasteiger partial charge in [0.15, 0.2) is 0 Å². The number of hydroxylamine groups is 1. The maximum Gasteiger partial charge on any atom is 0.292 e. The SMILES string of the molecule is O=C(NO)C1=CN=CC=CN1. The van der Waals surface area contributed by atoms with Crippen molar-refractivity contribution in [2.24, 2.45) is 4.99 Å². The minimum atomic E-state index is -0.617. The average Bonchev–Trinajstić information content (AvgIpc) is 2.30. The summed E-state index contributed by atoms with van der Waals surface area (Å²) >= 11 is 0. The van der Waals surface area contributed by atoms with Gasteiger partial charge >= 0.3 is 0 Å². The van der Waals surface area contributed by atoms with Crippen molar-refractivity contribution >= 4 is 12.1 Å². The lowest BCUT2D eigenvalue weighted by Gasteiger charge is -2.00. The Balaban J connectivity index is 2.72. The van der Waals surface area contributed by atoms with Gasteiger partial charge in [-0.3, -0.25) is 15.0 Å². The van der Waals surface area contributed by atoms with Gasteiger partial charge in [-0.05, 0) is 6.08 Å². The third kappa shape index (κ3) is 1.91. The number of carbonyl (C=O) groups excluding carboxylic acids is 1. The van der Waals surface area contributed by atoms with Gasteiger partial charge in [0.05, 0.1) is 6.20 Å². The lowest BCUT2D eigenvalue weighted by atomic mass is 10.4. The van der Waals surface area contributed by atoms with Gasteiger partial charge in [0.1, 0.15) is 5.70 Å². The van der Waals surface area contributed by atoms with Crippen molar-refractivity contribution in [1.82, 2.24) is 10.8 Å². The average molecular weight is 153 g/mol. The molecular formula is C6H7N3O2. The summed E-state index contributed by atoms with van der Waals surface area (Å²) < 4.78 is 0. The van der Waals surface area contributed by atoms with Crippen molar-refractivity contribution in [2.45, 2.75) is 0 Å². The molecule has 1 aliphatic heterocycles. The van der Waals surface area contributed by atoms with Crippen LogP contribution in [0.1, 0.15) is 0 Å². The fourth-order valence-corrected chi connectivity index (χ4v) is 0.570. The molecule has 0 spiro atoms. The summed E-state index contributed by atoms with van der Waals surface area (Å²) in [5, 5.41) is 10.8. The standard InChI is InChI=1S/C6H7N3O2/c10-6(9-11)5-4-7-2-1-3-8-5/h1-4,8,11H,(H,9,10). The first-order chi connectivity index (χ1) is 5.34. The molecule has 0 fully saturated rings. The molecule has 0 atom stereocenters. The second-order valence-electron chi connectivity index (χ2n) is 1.79. The van der Waals surface area contributed by atoms with Crippen LogP contribution < -0.4 is 10.8 Å². The van der Waals surface area contributed by atoms with Crippen molar-refractivity contribution in [2.75, 3.05) is 0 Å². The molecule has 5 heteroatoms. The summed E-state index contributed by atoms with van der Waals surface area (Å²) in [4.78, 5) is 14.4. The van der Waals surface area contributed by atoms with Gasteiger partial charge in [-0.25, -0.2) is 5.48 Å². The number of allylic oxidation sites excluding steroid dienone is 1. The molecular weight excluding hydrogens is 146 g/mol. The molecule has 0 unspecified atom stereocenters. The molecule has 0 bridgehead atoms. The second-order valence-corrected chi connectivity index (χ2v) is 1.79. The quantitative estimate of drug-likeness (QED) is 0.352. The molecule has 3 N–H and O–H groups in total. The van der Waals surface area contributed by atoms with Gasteiger partial charge in [0, 0.05) is 12.4 Å². The van der Waals surface area contributed by atoms with Crippen LogP contribution in [-0.4, -0.2) is 17.3 Å². The highest BCUT2D eigenvalue weighted by atomic mass is 16.5. The number of rotatable bonds is 1. The van der Waals surface area contributed by atoms with Crippen LogP contribution in [0, 0.1) is 0 Å². The number of hydrogen-bond acceptors (Lipinski definition) is 4. The Morgan fingerprint density at radius 3 is 3.27 bits per heavy atom. The van der Waals surface area contributed by atoms with E-state index >= 15 is 0 Å². The molecule has 1 heterocycles. The molecule has 58 valence electrons. The Labute approximate surface area is 63.1 Å². The predicted octanol–water partition coefficient (Wildman–Crippen LogP) is -0.479. The van der Waals surface area contributed by atoms with E-state index in [0.717, 1.165) is 0 Å². The first-order valence-electron chi connectivity index (χ1n) is 2.94. The van der Waals surface area contributed by atoms with E-state index in [1.54, 1.807) is 6.08 Å². The lowest BCUT2D eigenvalue weighted by Crippen LogP contribution is -2.26. The largest absolute Gasteiger partial charge is 0.356 e. The molecule has 11 heavy (non-hydrogen) atoms. The highest BCUT2D eigenvalue weighted by Gasteiger charge is 2.05. The van der Waals surface area contributed by atoms with Crippen LogP contribution in [0.2, 0.25) is 0 Å². The molecule has 0 aliphatic carbocycles. The first-order valence-corrected chi connectivity index (χ1v) is 2.94. The molecule has 0 saturated carbocycles. The minimum Gasteiger partial charge on any atom is -0.356 e. The van der Waals surface area contributed by atoms with E-state index in [1.165, 1.54) is 24.1 Å². The zero-order valence-corrected chi connectivity index (χ0v) is 5.61. The highest BCUT2D eigenvalue weighted by Crippen LogP contribution is 1.92. The van der Waals surface area contributed by atoms with Crippen LogP contribution >= 0.6 is 0 Å². The van der Waals surface area contributed by atoms with Crippen LogP contribution in [0.4, 0.5) is 0 Å². The van der Waals surface area contributed by atoms with E-state index in [1.807, 2.05) is 0 Å². The van der Waals surface area contributed by atoms with Crippen LogP contribution in [0.25, 0.3) is 0 Å². The summed E-state index contributed by atoms with van der Waals surface area (Å²) in [6, 6.07) is 0. The van der Waals surface area contributed by atoms with E-state index in [2.05, 4.69) is 10.3 Å². The number of aliphatic imine (C=N–C) groups is 1. The normalized spacial score (nSPS) is 14.8. The van der Waals surface area contributed by atoms with E-state index in [0.29, 0.717) is 0 Å². The van der Waals surface area contributed by atoms with Crippen molar-refractivity contribution in [3.05, 3.63) is 24.2 Å². The molecule has 1 amide bonds. The van der Waals surface area contributed by atoms with E-state index in [4.69, 9.17) is 5.21 Å². The molecule has 0 aromatic carbocycles. The number of amides is 1. The Morgan fingerprint density at radius 1 is 1.73 bits per heavy atom. The van der Waals surface area contributed by atoms with E-state index < -0.39 is 5.91 Å². The number of carbonyl (C=O) groups is 1. The Kier molecular flexibility index (Phi) is 2.40. The first kappa shape index (κ1) is 7.49. The van der Waals surface area contributed by atoms with Crippen LogP contribution in [0.5, 0.6) is 0 Å². The van der Waals surface area contributed by atoms with Gasteiger partial charge in [-0.1, -0.05) is 0 Å². The van der Waals surface area contributed by atoms with E-state index in [-0.39, 0.29) is 5.70 Å². The third-order valence-corrected chi connectivity index (χ3v) is 1.06. The Morgan fingerprint density at radius 2 is 2.55 bits per heavy atom. The summed E-state index contributed by atoms with van der Waals surface area (Å²) in [7, 11) is 0. The van der Waals surface area contributed by atoms with Crippen molar-refractivity contribution in [1.29, 1.82) is 0 Å². The number of nitrogens with one attached hydrogen (secondary N) is 2. The number of nitrogens with zero attached hydrogens (tertiary/aromatic N) is 1. The van der Waals surface area contributed by atoms with Crippen molar-refractivity contribution in [3.63, 3.8) is 0 Å². The molecule has 0 saturated heterocycles. The molecule has 0 aromatic rings. The van der Waals surface area contributed by atoms with Gasteiger partial charge in [-0.15, -0.1) is 0 Å². The number of hydrogen-bond donors (Lipinski definition) is 3. The lowest BCUT2D eigenvalue weighted by molar-refractivity contribution is -0.125. The van der Waals surface area contributed by atoms with Crippen LogP contribution in [0.15, 0.2) is 29.2 Å². The third-order valence-electron chi connectivity index (χ3n) is 1.06. The zero-order valence-electron chi connectivity index (χ0n) is 5.61. The maximum absolute atomic E-state index is 10.7. The topological polar surface area (TPSA) is 73.7 Å². The van der Waals surface area contributed by atoms with Gasteiger partial charge < -0.3 is 5.32 Å². The Bertz CT molecular complexity index is 242. The second kappa shape index (κ2) is 3.52. The fraction of sp³-hybridized carbons (Fsp3) is 0. The monoisotopic (exact) mass is 153 g/mol. The zero-order chi connectivity index (χ0) is 8.10. The molecule has 0 radical (unpaired) electrons. The molecule has 5 nitrogen and oxygen atoms in total. The molecule has 1 aliphatic rings. The van der Waals surface area contributed by atoms with Crippen LogP contribution in [-0.2, 0) is 4.79 Å². The van der Waals surface area contributed by atoms with Crippen LogP contribution in [0.3, 0.4) is 0 Å². The van der Waals surface area contributed by atoms with Gasteiger partial charge in [0.25, 0.3) is 5.91 Å². The summed E-state index contributed by atoms with van der Waals surface area (Å²) in [5.74, 6) is -0.617. The minimum absolute atomic E-state index is 0.192. The molecule has 0 aromatic heterocycles. The summed E-state index contributed by atoms with van der Waals surface area (Å²) in [6.07, 6.45) is 6.00. The summed E-state index contributed by atoms with van der Waals surface area (Å²) in [5.41, 5.74) is 1.68. The highest BCUT2D eigenvalue weighted by molar-refractivity contribution is 5.92.